The van der Waals surface area contributed by atoms with Crippen molar-refractivity contribution in [1.82, 2.24) is 15.0 Å². The molecule has 0 aliphatic heterocycles. The number of hydrogen-bond donors (Lipinski definition) is 0. The van der Waals surface area contributed by atoms with Crippen LogP contribution in [0.1, 0.15) is 16.7 Å². The fourth-order valence-corrected chi connectivity index (χ4v) is 7.48. The zero-order valence-corrected chi connectivity index (χ0v) is 28.7. The molecule has 0 atom stereocenters. The zero-order valence-electron chi connectivity index (χ0n) is 28.7. The number of benzene rings is 7. The van der Waals surface area contributed by atoms with E-state index in [9.17, 15) is 0 Å². The molecule has 250 valence electrons. The number of fused-ring (bicyclic) bond motifs is 7. The maximum atomic E-state index is 6.41. The Morgan fingerprint density at radius 3 is 1.98 bits per heavy atom. The summed E-state index contributed by atoms with van der Waals surface area (Å²) >= 11 is 0. The van der Waals surface area contributed by atoms with Crippen LogP contribution in [0.5, 0.6) is 0 Å². The molecule has 53 heavy (non-hydrogen) atoms. The number of furan rings is 2. The van der Waals surface area contributed by atoms with Gasteiger partial charge in [-0.2, -0.15) is 0 Å². The Kier molecular flexibility index (Phi) is 7.29. The summed E-state index contributed by atoms with van der Waals surface area (Å²) in [6, 6.07) is 49.4. The number of hydrogen-bond acceptors (Lipinski definition) is 5. The molecule has 0 radical (unpaired) electrons. The predicted octanol–water partition coefficient (Wildman–Crippen LogP) is 12.7. The van der Waals surface area contributed by atoms with Crippen LogP contribution in [0.3, 0.4) is 0 Å². The molecule has 0 spiro atoms. The maximum Gasteiger partial charge on any atom is 0.165 e. The van der Waals surface area contributed by atoms with Crippen LogP contribution < -0.4 is 0 Å². The second-order valence-corrected chi connectivity index (χ2v) is 13.2. The summed E-state index contributed by atoms with van der Waals surface area (Å²) in [5.41, 5.74) is 9.30. The van der Waals surface area contributed by atoms with Crippen molar-refractivity contribution < 1.29 is 8.83 Å². The molecular formula is C48H31N3O2. The molecule has 5 nitrogen and oxygen atoms in total. The van der Waals surface area contributed by atoms with Crippen molar-refractivity contribution in [2.75, 3.05) is 0 Å². The number of rotatable bonds is 7. The van der Waals surface area contributed by atoms with Gasteiger partial charge in [-0.15, -0.1) is 0 Å². The first kappa shape index (κ1) is 30.7. The third-order valence-corrected chi connectivity index (χ3v) is 10.00. The van der Waals surface area contributed by atoms with Crippen molar-refractivity contribution in [2.45, 2.75) is 6.42 Å². The molecule has 0 amide bonds. The van der Waals surface area contributed by atoms with Gasteiger partial charge in [0.1, 0.15) is 22.3 Å². The molecule has 3 aromatic heterocycles. The minimum atomic E-state index is 0.583. The van der Waals surface area contributed by atoms with E-state index >= 15 is 0 Å². The molecule has 0 bridgehead atoms. The molecule has 3 heterocycles. The van der Waals surface area contributed by atoms with Gasteiger partial charge in [0.25, 0.3) is 0 Å². The van der Waals surface area contributed by atoms with Crippen LogP contribution >= 0.6 is 0 Å². The number of para-hydroxylation sites is 2. The van der Waals surface area contributed by atoms with Gasteiger partial charge in [0.2, 0.25) is 0 Å². The molecule has 0 saturated heterocycles. The molecule has 0 N–H and O–H groups in total. The van der Waals surface area contributed by atoms with E-state index in [1.165, 1.54) is 10.8 Å². The average Bonchev–Trinajstić information content (AvgIpc) is 3.79. The first-order valence-electron chi connectivity index (χ1n) is 17.7. The normalized spacial score (nSPS) is 11.8. The van der Waals surface area contributed by atoms with E-state index in [-0.39, 0.29) is 0 Å². The molecule has 10 rings (SSSR count). The van der Waals surface area contributed by atoms with Crippen molar-refractivity contribution >= 4 is 66.8 Å². The first-order chi connectivity index (χ1) is 26.2. The molecule has 0 unspecified atom stereocenters. The lowest BCUT2D eigenvalue weighted by Crippen LogP contribution is -2.02. The fraction of sp³-hybridized carbons (Fsp3) is 0.0208. The van der Waals surface area contributed by atoms with Crippen molar-refractivity contribution in [3.8, 4) is 34.2 Å². The second kappa shape index (κ2) is 12.6. The summed E-state index contributed by atoms with van der Waals surface area (Å²) < 4.78 is 12.6. The molecule has 0 fully saturated rings. The summed E-state index contributed by atoms with van der Waals surface area (Å²) in [5.74, 6) is 1.77. The third kappa shape index (κ3) is 5.29. The van der Waals surface area contributed by atoms with Gasteiger partial charge in [0.05, 0.1) is 0 Å². The highest BCUT2D eigenvalue weighted by Gasteiger charge is 2.21. The van der Waals surface area contributed by atoms with E-state index in [2.05, 4.69) is 85.5 Å². The van der Waals surface area contributed by atoms with Crippen molar-refractivity contribution in [1.29, 1.82) is 0 Å². The summed E-state index contributed by atoms with van der Waals surface area (Å²) in [5, 5.41) is 6.44. The molecule has 0 saturated carbocycles. The van der Waals surface area contributed by atoms with Crippen molar-refractivity contribution in [3.05, 3.63) is 175 Å². The van der Waals surface area contributed by atoms with Gasteiger partial charge in [-0.25, -0.2) is 15.0 Å². The van der Waals surface area contributed by atoms with Crippen molar-refractivity contribution in [3.63, 3.8) is 0 Å². The second-order valence-electron chi connectivity index (χ2n) is 13.2. The summed E-state index contributed by atoms with van der Waals surface area (Å²) in [7, 11) is 0. The van der Waals surface area contributed by atoms with Crippen LogP contribution in [0.15, 0.2) is 167 Å². The number of nitrogens with zero attached hydrogens (tertiary/aromatic N) is 3. The lowest BCUT2D eigenvalue weighted by Gasteiger charge is -2.13. The summed E-state index contributed by atoms with van der Waals surface area (Å²) in [4.78, 5) is 15.5. The van der Waals surface area contributed by atoms with E-state index in [0.29, 0.717) is 23.9 Å². The fourth-order valence-electron chi connectivity index (χ4n) is 7.48. The van der Waals surface area contributed by atoms with Gasteiger partial charge in [0.15, 0.2) is 17.5 Å². The van der Waals surface area contributed by atoms with Gasteiger partial charge in [0, 0.05) is 38.2 Å². The van der Waals surface area contributed by atoms with E-state index < -0.39 is 0 Å². The standard InChI is InChI=1S/C48H31N3O2/c1-2-35-30(23-24-31-13-6-7-18-36(31)35)16-12-17-32-25-28-43-45(38-20-9-11-22-41(38)53-43)44(32)48-50-46(33-14-4-3-5-15-33)49-47(51-48)34-26-27-42-39(29-34)37-19-8-10-21-40(37)52-42/h2-16,18-29H,1,17H2/b16-12-. The highest BCUT2D eigenvalue weighted by molar-refractivity contribution is 6.13. The van der Waals surface area contributed by atoms with Crippen LogP contribution in [0, 0.1) is 0 Å². The van der Waals surface area contributed by atoms with E-state index in [1.807, 2.05) is 84.9 Å². The van der Waals surface area contributed by atoms with E-state index in [4.69, 9.17) is 23.8 Å². The Hall–Kier alpha value is -7.11. The highest BCUT2D eigenvalue weighted by atomic mass is 16.3. The molecule has 5 heteroatoms. The quantitative estimate of drug-likeness (QED) is 0.167. The summed E-state index contributed by atoms with van der Waals surface area (Å²) in [6.07, 6.45) is 6.98. The summed E-state index contributed by atoms with van der Waals surface area (Å²) in [6.45, 7) is 4.14. The van der Waals surface area contributed by atoms with Gasteiger partial charge in [-0.3, -0.25) is 0 Å². The lowest BCUT2D eigenvalue weighted by atomic mass is 9.96. The Morgan fingerprint density at radius 2 is 1.15 bits per heavy atom. The van der Waals surface area contributed by atoms with Crippen molar-refractivity contribution in [2.24, 2.45) is 0 Å². The van der Waals surface area contributed by atoms with Crippen LogP contribution in [0.4, 0.5) is 0 Å². The Labute approximate surface area is 305 Å². The topological polar surface area (TPSA) is 65.0 Å². The van der Waals surface area contributed by atoms with E-state index in [0.717, 1.165) is 77.3 Å². The van der Waals surface area contributed by atoms with Gasteiger partial charge < -0.3 is 8.83 Å². The van der Waals surface area contributed by atoms with Crippen LogP contribution in [-0.2, 0) is 6.42 Å². The minimum Gasteiger partial charge on any atom is -0.456 e. The number of aromatic nitrogens is 3. The van der Waals surface area contributed by atoms with Crippen LogP contribution in [0.2, 0.25) is 0 Å². The van der Waals surface area contributed by atoms with E-state index in [1.54, 1.807) is 0 Å². The van der Waals surface area contributed by atoms with Gasteiger partial charge >= 0.3 is 0 Å². The molecular weight excluding hydrogens is 651 g/mol. The lowest BCUT2D eigenvalue weighted by molar-refractivity contribution is 0.668. The first-order valence-corrected chi connectivity index (χ1v) is 17.7. The number of allylic oxidation sites excluding steroid dienone is 1. The predicted molar refractivity (Wildman–Crippen MR) is 217 cm³/mol. The Bertz CT molecular complexity index is 3060. The zero-order chi connectivity index (χ0) is 35.3. The largest absolute Gasteiger partial charge is 0.456 e. The molecule has 0 aliphatic rings. The Morgan fingerprint density at radius 1 is 0.509 bits per heavy atom. The molecule has 10 aromatic rings. The third-order valence-electron chi connectivity index (χ3n) is 10.00. The highest BCUT2D eigenvalue weighted by Crippen LogP contribution is 2.40. The van der Waals surface area contributed by atoms with Gasteiger partial charge in [-0.05, 0) is 70.3 Å². The molecule has 0 aliphatic carbocycles. The Balaban J connectivity index is 1.18. The average molecular weight is 682 g/mol. The SMILES string of the molecule is C=Cc1c(/C=C\Cc2ccc3oc4ccccc4c3c2-c2nc(-c3ccccc3)nc(-c3ccc4oc5ccccc5c4c3)n2)ccc2ccccc12. The minimum absolute atomic E-state index is 0.583. The van der Waals surface area contributed by atoms with Crippen LogP contribution in [0.25, 0.3) is 101 Å². The van der Waals surface area contributed by atoms with Gasteiger partial charge in [-0.1, -0.05) is 134 Å². The maximum absolute atomic E-state index is 6.41. The smallest absolute Gasteiger partial charge is 0.165 e. The monoisotopic (exact) mass is 681 g/mol. The molecule has 7 aromatic carbocycles. The van der Waals surface area contributed by atoms with Crippen LogP contribution in [-0.4, -0.2) is 15.0 Å².